The highest BCUT2D eigenvalue weighted by molar-refractivity contribution is 6.31. The zero-order valence-corrected chi connectivity index (χ0v) is 30.0. The lowest BCUT2D eigenvalue weighted by molar-refractivity contribution is 0.667. The fraction of sp³-hybridized carbons (Fsp3) is 0.0588. The van der Waals surface area contributed by atoms with Crippen molar-refractivity contribution >= 4 is 65.6 Å². The largest absolute Gasteiger partial charge is 0.456 e. The van der Waals surface area contributed by atoms with Gasteiger partial charge < -0.3 is 13.6 Å². The summed E-state index contributed by atoms with van der Waals surface area (Å²) in [6.45, 7) is 4.83. The Morgan fingerprint density at radius 3 is 1.80 bits per heavy atom. The van der Waals surface area contributed by atoms with Crippen molar-refractivity contribution in [3.8, 4) is 33.6 Å². The first kappa shape index (κ1) is 29.7. The molecule has 8 aromatic carbocycles. The summed E-state index contributed by atoms with van der Waals surface area (Å²) >= 11 is 0. The molecule has 1 aliphatic rings. The van der Waals surface area contributed by atoms with Crippen LogP contribution in [-0.4, -0.2) is 9.13 Å². The van der Waals surface area contributed by atoms with E-state index < -0.39 is 0 Å². The molecule has 254 valence electrons. The molecule has 11 aromatic rings. The molecule has 3 aromatic heterocycles. The van der Waals surface area contributed by atoms with Gasteiger partial charge in [-0.3, -0.25) is 0 Å². The fourth-order valence-electron chi connectivity index (χ4n) is 9.78. The highest BCUT2D eigenvalue weighted by atomic mass is 16.3. The standard InChI is InChI=1S/C51H34N2O/c1-51(2)40-20-10-6-17-36(40)45-48(51)46-37-18-7-11-21-41(37)53(50(46)47-38-19-8-12-22-42(38)52(49(45)47)33-14-4-3-5-15-33)34-27-24-31(25-28-34)32-26-29-44-39(30-32)35-16-9-13-23-43(35)54-44/h3-30H,1-2H3. The summed E-state index contributed by atoms with van der Waals surface area (Å²) in [5.74, 6) is 0. The maximum atomic E-state index is 6.15. The Morgan fingerprint density at radius 1 is 0.444 bits per heavy atom. The molecule has 0 spiro atoms. The van der Waals surface area contributed by atoms with E-state index in [0.29, 0.717) is 0 Å². The second-order valence-corrected chi connectivity index (χ2v) is 15.3. The van der Waals surface area contributed by atoms with Gasteiger partial charge in [-0.2, -0.15) is 0 Å². The van der Waals surface area contributed by atoms with Gasteiger partial charge in [0.25, 0.3) is 0 Å². The Balaban J connectivity index is 1.21. The summed E-state index contributed by atoms with van der Waals surface area (Å²) < 4.78 is 11.2. The predicted octanol–water partition coefficient (Wildman–Crippen LogP) is 13.8. The zero-order valence-electron chi connectivity index (χ0n) is 30.0. The van der Waals surface area contributed by atoms with Crippen molar-refractivity contribution in [1.82, 2.24) is 9.13 Å². The molecule has 1 aliphatic carbocycles. The third-order valence-corrected chi connectivity index (χ3v) is 12.1. The van der Waals surface area contributed by atoms with Crippen LogP contribution in [0, 0.1) is 0 Å². The lowest BCUT2D eigenvalue weighted by atomic mass is 9.80. The van der Waals surface area contributed by atoms with Gasteiger partial charge >= 0.3 is 0 Å². The minimum Gasteiger partial charge on any atom is -0.456 e. The van der Waals surface area contributed by atoms with E-state index in [1.807, 2.05) is 12.1 Å². The Labute approximate surface area is 311 Å². The second-order valence-electron chi connectivity index (χ2n) is 15.3. The summed E-state index contributed by atoms with van der Waals surface area (Å²) in [6.07, 6.45) is 0. The molecule has 0 atom stereocenters. The molecule has 0 fully saturated rings. The summed E-state index contributed by atoms with van der Waals surface area (Å²) in [6, 6.07) is 61.9. The molecule has 0 N–H and O–H groups in total. The number of furan rings is 1. The van der Waals surface area contributed by atoms with Crippen molar-refractivity contribution in [3.63, 3.8) is 0 Å². The maximum Gasteiger partial charge on any atom is 0.135 e. The monoisotopic (exact) mass is 690 g/mol. The molecule has 0 bridgehead atoms. The predicted molar refractivity (Wildman–Crippen MR) is 225 cm³/mol. The van der Waals surface area contributed by atoms with Gasteiger partial charge in [0, 0.05) is 54.7 Å². The molecule has 12 rings (SSSR count). The molecular weight excluding hydrogens is 657 g/mol. The van der Waals surface area contributed by atoms with Crippen molar-refractivity contribution in [3.05, 3.63) is 181 Å². The van der Waals surface area contributed by atoms with Crippen LogP contribution in [0.25, 0.3) is 99.2 Å². The van der Waals surface area contributed by atoms with Crippen LogP contribution in [0.4, 0.5) is 0 Å². The number of rotatable bonds is 3. The summed E-state index contributed by atoms with van der Waals surface area (Å²) in [5, 5.41) is 7.45. The van der Waals surface area contributed by atoms with Crippen LogP contribution in [0.3, 0.4) is 0 Å². The van der Waals surface area contributed by atoms with E-state index in [4.69, 9.17) is 4.42 Å². The number of hydrogen-bond donors (Lipinski definition) is 0. The lowest BCUT2D eigenvalue weighted by Gasteiger charge is -2.23. The molecule has 3 heteroatoms. The molecule has 0 aliphatic heterocycles. The first-order valence-corrected chi connectivity index (χ1v) is 18.8. The Hall–Kier alpha value is -6.84. The molecule has 0 unspecified atom stereocenters. The topological polar surface area (TPSA) is 23.0 Å². The number of aromatic nitrogens is 2. The first-order chi connectivity index (χ1) is 26.6. The van der Waals surface area contributed by atoms with Crippen molar-refractivity contribution in [2.75, 3.05) is 0 Å². The van der Waals surface area contributed by atoms with Crippen LogP contribution >= 0.6 is 0 Å². The lowest BCUT2D eigenvalue weighted by Crippen LogP contribution is -2.15. The highest BCUT2D eigenvalue weighted by Crippen LogP contribution is 2.58. The molecule has 54 heavy (non-hydrogen) atoms. The number of para-hydroxylation sites is 4. The van der Waals surface area contributed by atoms with E-state index in [1.54, 1.807) is 0 Å². The first-order valence-electron chi connectivity index (χ1n) is 18.8. The summed E-state index contributed by atoms with van der Waals surface area (Å²) in [4.78, 5) is 0. The Morgan fingerprint density at radius 2 is 1.02 bits per heavy atom. The molecule has 3 heterocycles. The van der Waals surface area contributed by atoms with E-state index in [1.165, 1.54) is 82.7 Å². The van der Waals surface area contributed by atoms with Gasteiger partial charge in [-0.1, -0.05) is 129 Å². The van der Waals surface area contributed by atoms with Crippen molar-refractivity contribution < 1.29 is 4.42 Å². The van der Waals surface area contributed by atoms with Crippen molar-refractivity contribution in [2.45, 2.75) is 19.3 Å². The normalized spacial score (nSPS) is 13.5. The second kappa shape index (κ2) is 10.6. The van der Waals surface area contributed by atoms with Crippen LogP contribution in [-0.2, 0) is 5.41 Å². The Kier molecular flexibility index (Phi) is 5.84. The number of fused-ring (bicyclic) bond motifs is 15. The number of benzene rings is 8. The van der Waals surface area contributed by atoms with Crippen LogP contribution in [0.2, 0.25) is 0 Å². The van der Waals surface area contributed by atoms with Crippen LogP contribution < -0.4 is 0 Å². The third kappa shape index (κ3) is 3.80. The minimum atomic E-state index is -0.217. The summed E-state index contributed by atoms with van der Waals surface area (Å²) in [7, 11) is 0. The van der Waals surface area contributed by atoms with Crippen molar-refractivity contribution in [1.29, 1.82) is 0 Å². The van der Waals surface area contributed by atoms with Crippen LogP contribution in [0.15, 0.2) is 174 Å². The molecular formula is C51H34N2O. The van der Waals surface area contributed by atoms with Gasteiger partial charge in [0.1, 0.15) is 11.2 Å². The van der Waals surface area contributed by atoms with Gasteiger partial charge in [0.05, 0.1) is 22.1 Å². The van der Waals surface area contributed by atoms with Crippen molar-refractivity contribution in [2.24, 2.45) is 0 Å². The van der Waals surface area contributed by atoms with Crippen LogP contribution in [0.1, 0.15) is 25.0 Å². The van der Waals surface area contributed by atoms with Gasteiger partial charge in [-0.25, -0.2) is 0 Å². The van der Waals surface area contributed by atoms with E-state index >= 15 is 0 Å². The van der Waals surface area contributed by atoms with Gasteiger partial charge in [-0.05, 0) is 82.4 Å². The van der Waals surface area contributed by atoms with E-state index in [-0.39, 0.29) is 5.41 Å². The highest BCUT2D eigenvalue weighted by Gasteiger charge is 2.41. The van der Waals surface area contributed by atoms with Gasteiger partial charge in [0.15, 0.2) is 0 Å². The van der Waals surface area contributed by atoms with E-state index in [2.05, 4.69) is 181 Å². The minimum absolute atomic E-state index is 0.217. The molecule has 0 amide bonds. The average Bonchev–Trinajstić information content (AvgIpc) is 3.93. The third-order valence-electron chi connectivity index (χ3n) is 12.1. The molecule has 0 saturated heterocycles. The van der Waals surface area contributed by atoms with Gasteiger partial charge in [0.2, 0.25) is 0 Å². The van der Waals surface area contributed by atoms with Gasteiger partial charge in [-0.15, -0.1) is 0 Å². The molecule has 0 saturated carbocycles. The number of nitrogens with zero attached hydrogens (tertiary/aromatic N) is 2. The number of hydrogen-bond acceptors (Lipinski definition) is 1. The fourth-order valence-corrected chi connectivity index (χ4v) is 9.78. The zero-order chi connectivity index (χ0) is 35.7. The maximum absolute atomic E-state index is 6.15. The SMILES string of the molecule is CC1(C)c2ccccc2-c2c1c1c3ccccc3n(-c3ccc(-c4ccc5oc6ccccc6c5c4)cc3)c1c1c3ccccc3n(-c3ccccc3)c21. The van der Waals surface area contributed by atoms with E-state index in [0.717, 1.165) is 27.6 Å². The van der Waals surface area contributed by atoms with E-state index in [9.17, 15) is 0 Å². The molecule has 3 nitrogen and oxygen atoms in total. The smallest absolute Gasteiger partial charge is 0.135 e. The quantitative estimate of drug-likeness (QED) is 0.181. The Bertz CT molecular complexity index is 3340. The summed E-state index contributed by atoms with van der Waals surface area (Å²) in [5.41, 5.74) is 16.7. The molecule has 0 radical (unpaired) electrons. The van der Waals surface area contributed by atoms with Crippen LogP contribution in [0.5, 0.6) is 0 Å². The average molecular weight is 691 g/mol.